The van der Waals surface area contributed by atoms with Crippen LogP contribution in [0.25, 0.3) is 0 Å². The van der Waals surface area contributed by atoms with Gasteiger partial charge in [0, 0.05) is 0 Å². The van der Waals surface area contributed by atoms with Crippen LogP contribution < -0.4 is 5.32 Å². The number of hydrogen-bond donors (Lipinski definition) is 1. The maximum Gasteiger partial charge on any atom is 0.407 e. The molecule has 1 amide bonds. The molecule has 0 atom stereocenters. The van der Waals surface area contributed by atoms with E-state index in [1.807, 2.05) is 67.6 Å². The SMILES string of the molecule is CCCOC(=O)NC(c1ccccc1)c1ccccc1. The number of amides is 1. The predicted octanol–water partition coefficient (Wildman–Crippen LogP) is 3.91. The quantitative estimate of drug-likeness (QED) is 0.893. The van der Waals surface area contributed by atoms with Gasteiger partial charge in [0.05, 0.1) is 12.6 Å². The molecule has 1 N–H and O–H groups in total. The first-order valence-electron chi connectivity index (χ1n) is 6.84. The molecule has 3 heteroatoms. The second kappa shape index (κ2) is 7.34. The molecular weight excluding hydrogens is 250 g/mol. The Kier molecular flexibility index (Phi) is 5.18. The van der Waals surface area contributed by atoms with E-state index in [-0.39, 0.29) is 12.1 Å². The fourth-order valence-electron chi connectivity index (χ4n) is 2.00. The van der Waals surface area contributed by atoms with Crippen LogP contribution in [0.1, 0.15) is 30.5 Å². The van der Waals surface area contributed by atoms with Crippen molar-refractivity contribution >= 4 is 6.09 Å². The summed E-state index contributed by atoms with van der Waals surface area (Å²) in [6.07, 6.45) is 0.430. The van der Waals surface area contributed by atoms with Crippen LogP contribution in [0, 0.1) is 0 Å². The van der Waals surface area contributed by atoms with E-state index in [1.54, 1.807) is 0 Å². The van der Waals surface area contributed by atoms with Crippen LogP contribution in [-0.4, -0.2) is 12.7 Å². The van der Waals surface area contributed by atoms with Gasteiger partial charge in [-0.1, -0.05) is 67.6 Å². The highest BCUT2D eigenvalue weighted by Crippen LogP contribution is 2.21. The van der Waals surface area contributed by atoms with E-state index in [1.165, 1.54) is 0 Å². The van der Waals surface area contributed by atoms with Crippen molar-refractivity contribution in [2.75, 3.05) is 6.61 Å². The fraction of sp³-hybridized carbons (Fsp3) is 0.235. The van der Waals surface area contributed by atoms with Crippen molar-refractivity contribution in [2.24, 2.45) is 0 Å². The second-order valence-corrected chi connectivity index (χ2v) is 4.53. The van der Waals surface area contributed by atoms with Crippen molar-refractivity contribution in [3.8, 4) is 0 Å². The molecule has 3 nitrogen and oxygen atoms in total. The first-order valence-corrected chi connectivity index (χ1v) is 6.84. The number of nitrogens with one attached hydrogen (secondary N) is 1. The Bertz CT molecular complexity index is 486. The molecule has 0 aliphatic rings. The third-order valence-electron chi connectivity index (χ3n) is 2.97. The maximum absolute atomic E-state index is 11.8. The standard InChI is InChI=1S/C17H19NO2/c1-2-13-20-17(19)18-16(14-9-5-3-6-10-14)15-11-7-4-8-12-15/h3-12,16H,2,13H2,1H3,(H,18,19). The van der Waals surface area contributed by atoms with Crippen LogP contribution in [0.2, 0.25) is 0 Å². The van der Waals surface area contributed by atoms with Crippen molar-refractivity contribution < 1.29 is 9.53 Å². The number of hydrogen-bond acceptors (Lipinski definition) is 2. The second-order valence-electron chi connectivity index (χ2n) is 4.53. The summed E-state index contributed by atoms with van der Waals surface area (Å²) in [5, 5.41) is 2.92. The first-order chi connectivity index (χ1) is 9.81. The van der Waals surface area contributed by atoms with E-state index in [9.17, 15) is 4.79 Å². The number of rotatable bonds is 5. The predicted molar refractivity (Wildman–Crippen MR) is 79.5 cm³/mol. The minimum absolute atomic E-state index is 0.193. The molecule has 0 aliphatic heterocycles. The lowest BCUT2D eigenvalue weighted by Crippen LogP contribution is -2.30. The summed E-state index contributed by atoms with van der Waals surface area (Å²) in [7, 11) is 0. The summed E-state index contributed by atoms with van der Waals surface area (Å²) >= 11 is 0. The zero-order valence-corrected chi connectivity index (χ0v) is 11.6. The van der Waals surface area contributed by atoms with Crippen LogP contribution in [-0.2, 0) is 4.74 Å². The molecule has 0 aliphatic carbocycles. The van der Waals surface area contributed by atoms with Crippen LogP contribution >= 0.6 is 0 Å². The van der Waals surface area contributed by atoms with Gasteiger partial charge in [-0.2, -0.15) is 0 Å². The van der Waals surface area contributed by atoms with Gasteiger partial charge in [-0.3, -0.25) is 0 Å². The zero-order chi connectivity index (χ0) is 14.2. The third kappa shape index (κ3) is 3.85. The largest absolute Gasteiger partial charge is 0.450 e. The van der Waals surface area contributed by atoms with Gasteiger partial charge in [0.2, 0.25) is 0 Å². The summed E-state index contributed by atoms with van der Waals surface area (Å²) < 4.78 is 5.11. The molecule has 0 unspecified atom stereocenters. The molecular formula is C17H19NO2. The van der Waals surface area contributed by atoms with Gasteiger partial charge < -0.3 is 10.1 Å². The van der Waals surface area contributed by atoms with Crippen LogP contribution in [0.5, 0.6) is 0 Å². The van der Waals surface area contributed by atoms with E-state index in [0.717, 1.165) is 17.5 Å². The fourth-order valence-corrected chi connectivity index (χ4v) is 2.00. The zero-order valence-electron chi connectivity index (χ0n) is 11.6. The topological polar surface area (TPSA) is 38.3 Å². The Balaban J connectivity index is 2.19. The molecule has 0 heterocycles. The summed E-state index contributed by atoms with van der Waals surface area (Å²) in [6.45, 7) is 2.40. The monoisotopic (exact) mass is 269 g/mol. The highest BCUT2D eigenvalue weighted by atomic mass is 16.5. The average Bonchev–Trinajstić information content (AvgIpc) is 2.52. The molecule has 2 aromatic carbocycles. The van der Waals surface area contributed by atoms with Gasteiger partial charge in [0.25, 0.3) is 0 Å². The van der Waals surface area contributed by atoms with E-state index in [2.05, 4.69) is 5.32 Å². The Labute approximate surface area is 119 Å². The van der Waals surface area contributed by atoms with Crippen molar-refractivity contribution in [3.63, 3.8) is 0 Å². The molecule has 104 valence electrons. The van der Waals surface area contributed by atoms with Crippen LogP contribution in [0.15, 0.2) is 60.7 Å². The lowest BCUT2D eigenvalue weighted by Gasteiger charge is -2.19. The Morgan fingerprint density at radius 3 is 1.95 bits per heavy atom. The van der Waals surface area contributed by atoms with Crippen LogP contribution in [0.3, 0.4) is 0 Å². The van der Waals surface area contributed by atoms with E-state index < -0.39 is 0 Å². The van der Waals surface area contributed by atoms with Gasteiger partial charge in [0.1, 0.15) is 0 Å². The van der Waals surface area contributed by atoms with Gasteiger partial charge in [-0.15, -0.1) is 0 Å². The van der Waals surface area contributed by atoms with Crippen molar-refractivity contribution in [1.29, 1.82) is 0 Å². The molecule has 0 spiro atoms. The molecule has 0 aromatic heterocycles. The van der Waals surface area contributed by atoms with E-state index in [4.69, 9.17) is 4.74 Å². The highest BCUT2D eigenvalue weighted by Gasteiger charge is 2.16. The Hall–Kier alpha value is -2.29. The van der Waals surface area contributed by atoms with E-state index >= 15 is 0 Å². The number of carbonyl (C=O) groups is 1. The van der Waals surface area contributed by atoms with Crippen molar-refractivity contribution in [2.45, 2.75) is 19.4 Å². The molecule has 2 aromatic rings. The minimum Gasteiger partial charge on any atom is -0.450 e. The maximum atomic E-state index is 11.8. The molecule has 0 fully saturated rings. The van der Waals surface area contributed by atoms with Crippen molar-refractivity contribution in [1.82, 2.24) is 5.32 Å². The average molecular weight is 269 g/mol. The van der Waals surface area contributed by atoms with Crippen molar-refractivity contribution in [3.05, 3.63) is 71.8 Å². The molecule has 0 bridgehead atoms. The Morgan fingerprint density at radius 2 is 1.50 bits per heavy atom. The molecule has 0 radical (unpaired) electrons. The first kappa shape index (κ1) is 14.1. The lowest BCUT2D eigenvalue weighted by molar-refractivity contribution is 0.144. The number of alkyl carbamates (subject to hydrolysis) is 1. The normalized spacial score (nSPS) is 10.3. The summed E-state index contributed by atoms with van der Waals surface area (Å²) in [5.74, 6) is 0. The molecule has 0 saturated heterocycles. The summed E-state index contributed by atoms with van der Waals surface area (Å²) in [4.78, 5) is 11.8. The van der Waals surface area contributed by atoms with Gasteiger partial charge in [-0.05, 0) is 17.5 Å². The molecule has 2 rings (SSSR count). The smallest absolute Gasteiger partial charge is 0.407 e. The summed E-state index contributed by atoms with van der Waals surface area (Å²) in [6, 6.07) is 19.6. The van der Waals surface area contributed by atoms with Crippen LogP contribution in [0.4, 0.5) is 4.79 Å². The minimum atomic E-state index is -0.385. The molecule has 20 heavy (non-hydrogen) atoms. The van der Waals surface area contributed by atoms with Gasteiger partial charge in [-0.25, -0.2) is 4.79 Å². The van der Waals surface area contributed by atoms with Gasteiger partial charge in [0.15, 0.2) is 0 Å². The lowest BCUT2D eigenvalue weighted by atomic mass is 9.99. The molecule has 0 saturated carbocycles. The third-order valence-corrected chi connectivity index (χ3v) is 2.97. The number of carbonyl (C=O) groups excluding carboxylic acids is 1. The van der Waals surface area contributed by atoms with E-state index in [0.29, 0.717) is 6.61 Å². The van der Waals surface area contributed by atoms with Gasteiger partial charge >= 0.3 is 6.09 Å². The Morgan fingerprint density at radius 1 is 1.00 bits per heavy atom. The number of benzene rings is 2. The summed E-state index contributed by atoms with van der Waals surface area (Å²) in [5.41, 5.74) is 2.07. The number of ether oxygens (including phenoxy) is 1. The highest BCUT2D eigenvalue weighted by molar-refractivity contribution is 5.68.